The fourth-order valence-electron chi connectivity index (χ4n) is 2.41. The maximum Gasteiger partial charge on any atom is 0.339 e. The molecule has 9 nitrogen and oxygen atoms in total. The largest absolute Gasteiger partial charge is 0.466 e. The van der Waals surface area contributed by atoms with Crippen LogP contribution in [0.1, 0.15) is 92.9 Å². The fourth-order valence-corrected chi connectivity index (χ4v) is 2.41. The smallest absolute Gasteiger partial charge is 0.339 e. The van der Waals surface area contributed by atoms with E-state index in [1.807, 2.05) is 41.5 Å². The summed E-state index contributed by atoms with van der Waals surface area (Å²) in [5.41, 5.74) is -2.26. The number of hydrogen-bond donors (Lipinski definition) is 1. The third kappa shape index (κ3) is 19.5. The highest BCUT2D eigenvalue weighted by Gasteiger charge is 2.43. The van der Waals surface area contributed by atoms with E-state index >= 15 is 0 Å². The second kappa shape index (κ2) is 22.1. The Hall–Kier alpha value is -1.71. The minimum absolute atomic E-state index is 0.0370. The van der Waals surface area contributed by atoms with Gasteiger partial charge >= 0.3 is 17.9 Å². The van der Waals surface area contributed by atoms with Crippen molar-refractivity contribution in [3.8, 4) is 0 Å². The molecule has 196 valence electrons. The number of ether oxygens (including phenoxy) is 5. The molecule has 0 aliphatic heterocycles. The molecule has 0 amide bonds. The van der Waals surface area contributed by atoms with E-state index in [0.717, 1.165) is 32.5 Å². The van der Waals surface area contributed by atoms with Crippen molar-refractivity contribution >= 4 is 17.9 Å². The van der Waals surface area contributed by atoms with Crippen molar-refractivity contribution in [1.82, 2.24) is 0 Å². The molecule has 0 atom stereocenters. The molecule has 0 saturated carbocycles. The van der Waals surface area contributed by atoms with Crippen molar-refractivity contribution < 1.29 is 43.2 Å². The predicted molar refractivity (Wildman–Crippen MR) is 124 cm³/mol. The Balaban J connectivity index is 0. The van der Waals surface area contributed by atoms with Crippen LogP contribution in [0.5, 0.6) is 0 Å². The molecule has 9 heteroatoms. The van der Waals surface area contributed by atoms with Gasteiger partial charge in [0.15, 0.2) is 11.9 Å². The molecule has 0 aromatic heterocycles. The van der Waals surface area contributed by atoms with Crippen LogP contribution in [0, 0.1) is 0 Å². The molecule has 0 unspecified atom stereocenters. The molecule has 0 saturated heterocycles. The van der Waals surface area contributed by atoms with E-state index < -0.39 is 36.4 Å². The van der Waals surface area contributed by atoms with E-state index in [0.29, 0.717) is 19.3 Å². The lowest BCUT2D eigenvalue weighted by molar-refractivity contribution is -0.178. The summed E-state index contributed by atoms with van der Waals surface area (Å²) < 4.78 is 25.1. The predicted octanol–water partition coefficient (Wildman–Crippen LogP) is 3.93. The summed E-state index contributed by atoms with van der Waals surface area (Å²) in [5, 5.41) is 10.6. The zero-order valence-corrected chi connectivity index (χ0v) is 21.5. The normalized spacial score (nSPS) is 10.9. The van der Waals surface area contributed by atoms with Crippen LogP contribution in [0.25, 0.3) is 0 Å². The van der Waals surface area contributed by atoms with Gasteiger partial charge in [0.25, 0.3) is 0 Å². The molecule has 0 bridgehead atoms. The number of unbranched alkanes of at least 4 members (excludes halogenated alkanes) is 3. The van der Waals surface area contributed by atoms with Crippen molar-refractivity contribution in [2.75, 3.05) is 33.0 Å². The molecule has 0 rings (SSSR count). The second-order valence-corrected chi connectivity index (χ2v) is 7.50. The molecule has 0 heterocycles. The first kappa shape index (κ1) is 33.5. The SMILES string of the molecule is CCCCOC(=O)CC(O)(CC(=O)OCCCC)C(=O)OCCCC.CCOC(C)OCC. The van der Waals surface area contributed by atoms with E-state index in [1.165, 1.54) is 0 Å². The molecule has 0 radical (unpaired) electrons. The van der Waals surface area contributed by atoms with Gasteiger partial charge in [0.1, 0.15) is 0 Å². The Morgan fingerprint density at radius 1 is 0.697 bits per heavy atom. The molecule has 0 aromatic rings. The van der Waals surface area contributed by atoms with E-state index in [-0.39, 0.29) is 26.1 Å². The summed E-state index contributed by atoms with van der Waals surface area (Å²) in [4.78, 5) is 35.9. The van der Waals surface area contributed by atoms with Crippen LogP contribution in [0.3, 0.4) is 0 Å². The monoisotopic (exact) mass is 478 g/mol. The average Bonchev–Trinajstić information content (AvgIpc) is 2.75. The molecule has 0 aliphatic rings. The molecule has 0 spiro atoms. The Labute approximate surface area is 199 Å². The molecule has 33 heavy (non-hydrogen) atoms. The third-order valence-electron chi connectivity index (χ3n) is 4.31. The zero-order valence-electron chi connectivity index (χ0n) is 21.5. The summed E-state index contributed by atoms with van der Waals surface area (Å²) in [5.74, 6) is -2.49. The van der Waals surface area contributed by atoms with Crippen molar-refractivity contribution in [1.29, 1.82) is 0 Å². The van der Waals surface area contributed by atoms with Crippen LogP contribution in [-0.2, 0) is 38.1 Å². The van der Waals surface area contributed by atoms with Gasteiger partial charge in [0, 0.05) is 13.2 Å². The second-order valence-electron chi connectivity index (χ2n) is 7.50. The number of aliphatic hydroxyl groups is 1. The lowest BCUT2D eigenvalue weighted by atomic mass is 9.95. The van der Waals surface area contributed by atoms with Crippen molar-refractivity contribution in [3.63, 3.8) is 0 Å². The maximum absolute atomic E-state index is 12.2. The van der Waals surface area contributed by atoms with Gasteiger partial charge in [-0.15, -0.1) is 0 Å². The van der Waals surface area contributed by atoms with Crippen LogP contribution in [0.2, 0.25) is 0 Å². The lowest BCUT2D eigenvalue weighted by Crippen LogP contribution is -2.45. The van der Waals surface area contributed by atoms with E-state index in [1.54, 1.807) is 0 Å². The Morgan fingerprint density at radius 3 is 1.39 bits per heavy atom. The quantitative estimate of drug-likeness (QED) is 0.135. The van der Waals surface area contributed by atoms with Crippen LogP contribution in [0.4, 0.5) is 0 Å². The highest BCUT2D eigenvalue weighted by atomic mass is 16.7. The van der Waals surface area contributed by atoms with Gasteiger partial charge in [-0.1, -0.05) is 40.0 Å². The topological polar surface area (TPSA) is 118 Å². The first-order valence-electron chi connectivity index (χ1n) is 12.1. The van der Waals surface area contributed by atoms with Gasteiger partial charge in [0.05, 0.1) is 32.7 Å². The fraction of sp³-hybridized carbons (Fsp3) is 0.875. The highest BCUT2D eigenvalue weighted by molar-refractivity contribution is 5.90. The maximum atomic E-state index is 12.2. The van der Waals surface area contributed by atoms with Crippen LogP contribution in [-0.4, -0.2) is 67.9 Å². The van der Waals surface area contributed by atoms with Crippen molar-refractivity contribution in [3.05, 3.63) is 0 Å². The Kier molecular flexibility index (Phi) is 22.4. The molecular formula is C24H46O9. The summed E-state index contributed by atoms with van der Waals surface area (Å²) in [6.07, 6.45) is 3.20. The number of rotatable bonds is 18. The molecule has 1 N–H and O–H groups in total. The van der Waals surface area contributed by atoms with Crippen molar-refractivity contribution in [2.24, 2.45) is 0 Å². The summed E-state index contributed by atoms with van der Waals surface area (Å²) in [6.45, 7) is 13.6. The van der Waals surface area contributed by atoms with Gasteiger partial charge in [-0.05, 0) is 40.0 Å². The number of hydrogen-bond acceptors (Lipinski definition) is 9. The lowest BCUT2D eigenvalue weighted by Gasteiger charge is -2.24. The Morgan fingerprint density at radius 2 is 1.06 bits per heavy atom. The molecule has 0 aromatic carbocycles. The first-order valence-corrected chi connectivity index (χ1v) is 12.1. The first-order chi connectivity index (χ1) is 15.7. The van der Waals surface area contributed by atoms with Crippen LogP contribution in [0.15, 0.2) is 0 Å². The van der Waals surface area contributed by atoms with Gasteiger partial charge in [-0.2, -0.15) is 0 Å². The Bertz CT molecular complexity index is 478. The number of carbonyl (C=O) groups is 3. The minimum Gasteiger partial charge on any atom is -0.466 e. The zero-order chi connectivity index (χ0) is 25.5. The van der Waals surface area contributed by atoms with E-state index in [2.05, 4.69) is 0 Å². The van der Waals surface area contributed by atoms with Gasteiger partial charge in [0.2, 0.25) is 0 Å². The molecule has 0 aliphatic carbocycles. The van der Waals surface area contributed by atoms with Crippen LogP contribution < -0.4 is 0 Å². The van der Waals surface area contributed by atoms with Crippen molar-refractivity contribution in [2.45, 2.75) is 105 Å². The van der Waals surface area contributed by atoms with Gasteiger partial charge in [-0.3, -0.25) is 9.59 Å². The summed E-state index contributed by atoms with van der Waals surface area (Å²) >= 11 is 0. The van der Waals surface area contributed by atoms with Crippen LogP contribution >= 0.6 is 0 Å². The minimum atomic E-state index is -2.26. The highest BCUT2D eigenvalue weighted by Crippen LogP contribution is 2.20. The van der Waals surface area contributed by atoms with Gasteiger partial charge in [-0.25, -0.2) is 4.79 Å². The molecule has 0 fully saturated rings. The number of esters is 3. The van der Waals surface area contributed by atoms with E-state index in [4.69, 9.17) is 23.7 Å². The molecular weight excluding hydrogens is 432 g/mol. The standard InChI is InChI=1S/C18H32O7.C6H14O2/c1-4-7-10-23-15(19)13-18(22,17(21)25-12-9-6-3)14-16(20)24-11-8-5-2;1-4-7-6(3)8-5-2/h22H,4-14H2,1-3H3;6H,4-5H2,1-3H3. The summed E-state index contributed by atoms with van der Waals surface area (Å²) in [6, 6.07) is 0. The van der Waals surface area contributed by atoms with Gasteiger partial charge < -0.3 is 28.8 Å². The number of carbonyl (C=O) groups excluding carboxylic acids is 3. The average molecular weight is 479 g/mol. The van der Waals surface area contributed by atoms with E-state index in [9.17, 15) is 19.5 Å². The third-order valence-corrected chi connectivity index (χ3v) is 4.31. The summed E-state index contributed by atoms with van der Waals surface area (Å²) in [7, 11) is 0.